The van der Waals surface area contributed by atoms with Gasteiger partial charge in [0.2, 0.25) is 0 Å². The number of methoxy groups -OCH3 is 2. The molecule has 0 spiro atoms. The summed E-state index contributed by atoms with van der Waals surface area (Å²) in [5, 5.41) is 10.7. The Morgan fingerprint density at radius 1 is 1.16 bits per heavy atom. The van der Waals surface area contributed by atoms with E-state index in [1.165, 1.54) is 32.4 Å². The van der Waals surface area contributed by atoms with Gasteiger partial charge in [-0.05, 0) is 42.0 Å². The maximum Gasteiger partial charge on any atom is 0.293 e. The van der Waals surface area contributed by atoms with Crippen molar-refractivity contribution in [3.05, 3.63) is 80.8 Å². The maximum absolute atomic E-state index is 12.9. The van der Waals surface area contributed by atoms with Gasteiger partial charge in [0.15, 0.2) is 11.5 Å². The summed E-state index contributed by atoms with van der Waals surface area (Å²) in [6.07, 6.45) is 3.85. The van der Waals surface area contributed by atoms with E-state index < -0.39 is 16.1 Å². The summed E-state index contributed by atoms with van der Waals surface area (Å²) in [4.78, 5) is 37.3. The standard InChI is InChI=1S/C22H20N2O6S/c1-4-7-15-10-14(11-18(29-2)20(15)30-3)12-19-21(25)23(22(26)31-19)13-16-8-5-6-9-17(16)24(27)28/h4-6,8-12H,1,7,13H2,2-3H3/b19-12-. The lowest BCUT2D eigenvalue weighted by Gasteiger charge is -2.13. The molecule has 0 unspecified atom stereocenters. The number of amides is 2. The Bertz CT molecular complexity index is 1100. The van der Waals surface area contributed by atoms with Crippen molar-refractivity contribution >= 4 is 34.7 Å². The first-order valence-corrected chi connectivity index (χ1v) is 10.0. The van der Waals surface area contributed by atoms with Gasteiger partial charge in [-0.15, -0.1) is 6.58 Å². The number of nitro groups is 1. The predicted octanol–water partition coefficient (Wildman–Crippen LogP) is 4.58. The topological polar surface area (TPSA) is 99.0 Å². The van der Waals surface area contributed by atoms with Gasteiger partial charge in [0.05, 0.1) is 30.6 Å². The van der Waals surface area contributed by atoms with E-state index in [0.717, 1.165) is 22.2 Å². The van der Waals surface area contributed by atoms with Crippen LogP contribution in [-0.4, -0.2) is 35.2 Å². The van der Waals surface area contributed by atoms with Crippen molar-refractivity contribution in [2.75, 3.05) is 14.2 Å². The lowest BCUT2D eigenvalue weighted by Crippen LogP contribution is -2.27. The summed E-state index contributed by atoms with van der Waals surface area (Å²) in [5.74, 6) is 0.560. The predicted molar refractivity (Wildman–Crippen MR) is 118 cm³/mol. The highest BCUT2D eigenvalue weighted by Crippen LogP contribution is 2.37. The van der Waals surface area contributed by atoms with E-state index in [1.807, 2.05) is 6.07 Å². The van der Waals surface area contributed by atoms with Crippen molar-refractivity contribution in [1.29, 1.82) is 0 Å². The van der Waals surface area contributed by atoms with Crippen molar-refractivity contribution in [2.24, 2.45) is 0 Å². The van der Waals surface area contributed by atoms with Crippen LogP contribution >= 0.6 is 11.8 Å². The fourth-order valence-electron chi connectivity index (χ4n) is 3.24. The van der Waals surface area contributed by atoms with E-state index >= 15 is 0 Å². The molecular formula is C22H20N2O6S. The molecule has 8 nitrogen and oxygen atoms in total. The Balaban J connectivity index is 1.93. The van der Waals surface area contributed by atoms with Crippen molar-refractivity contribution < 1.29 is 24.0 Å². The molecule has 2 amide bonds. The van der Waals surface area contributed by atoms with Gasteiger partial charge in [0.1, 0.15) is 0 Å². The molecule has 1 saturated heterocycles. The number of carbonyl (C=O) groups excluding carboxylic acids is 2. The van der Waals surface area contributed by atoms with Crippen molar-refractivity contribution in [3.63, 3.8) is 0 Å². The number of nitrogens with zero attached hydrogens (tertiary/aromatic N) is 2. The third-order valence-electron chi connectivity index (χ3n) is 4.63. The molecule has 3 rings (SSSR count). The highest BCUT2D eigenvalue weighted by molar-refractivity contribution is 8.18. The van der Waals surface area contributed by atoms with Crippen molar-refractivity contribution in [3.8, 4) is 11.5 Å². The summed E-state index contributed by atoms with van der Waals surface area (Å²) < 4.78 is 10.8. The Labute approximate surface area is 183 Å². The zero-order chi connectivity index (χ0) is 22.5. The second-order valence-electron chi connectivity index (χ2n) is 6.56. The largest absolute Gasteiger partial charge is 0.493 e. The number of hydrogen-bond acceptors (Lipinski definition) is 7. The minimum absolute atomic E-state index is 0.139. The first-order chi connectivity index (χ1) is 14.9. The van der Waals surface area contributed by atoms with Crippen LogP contribution < -0.4 is 9.47 Å². The van der Waals surface area contributed by atoms with Gasteiger partial charge in [-0.1, -0.05) is 24.3 Å². The molecule has 0 bridgehead atoms. The van der Waals surface area contributed by atoms with Gasteiger partial charge in [-0.3, -0.25) is 24.6 Å². The molecule has 2 aromatic rings. The number of ether oxygens (including phenoxy) is 2. The molecule has 160 valence electrons. The van der Waals surface area contributed by atoms with Crippen LogP contribution in [0.25, 0.3) is 6.08 Å². The second-order valence-corrected chi connectivity index (χ2v) is 7.56. The van der Waals surface area contributed by atoms with Gasteiger partial charge < -0.3 is 9.47 Å². The zero-order valence-electron chi connectivity index (χ0n) is 17.0. The number of thioether (sulfide) groups is 1. The summed E-state index contributed by atoms with van der Waals surface area (Å²) in [6, 6.07) is 9.58. The van der Waals surface area contributed by atoms with E-state index in [2.05, 4.69) is 6.58 Å². The lowest BCUT2D eigenvalue weighted by molar-refractivity contribution is -0.385. The van der Waals surface area contributed by atoms with Crippen LogP contribution in [0.5, 0.6) is 11.5 Å². The normalized spacial score (nSPS) is 14.8. The van der Waals surface area contributed by atoms with Gasteiger partial charge in [-0.2, -0.15) is 0 Å². The molecule has 2 aromatic carbocycles. The third-order valence-corrected chi connectivity index (χ3v) is 5.54. The first kappa shape index (κ1) is 22.1. The van der Waals surface area contributed by atoms with E-state index in [9.17, 15) is 19.7 Å². The van der Waals surface area contributed by atoms with Crippen LogP contribution in [0.4, 0.5) is 10.5 Å². The number of benzene rings is 2. The molecule has 0 N–H and O–H groups in total. The third kappa shape index (κ3) is 4.61. The fourth-order valence-corrected chi connectivity index (χ4v) is 4.08. The first-order valence-electron chi connectivity index (χ1n) is 9.23. The molecule has 1 fully saturated rings. The molecule has 31 heavy (non-hydrogen) atoms. The highest BCUT2D eigenvalue weighted by Gasteiger charge is 2.36. The van der Waals surface area contributed by atoms with Crippen LogP contribution in [0.3, 0.4) is 0 Å². The number of rotatable bonds is 8. The van der Waals surface area contributed by atoms with Crippen LogP contribution in [0.2, 0.25) is 0 Å². The van der Waals surface area contributed by atoms with Crippen molar-refractivity contribution in [1.82, 2.24) is 4.90 Å². The fraction of sp³-hybridized carbons (Fsp3) is 0.182. The number of allylic oxidation sites excluding steroid dienone is 1. The van der Waals surface area contributed by atoms with E-state index in [1.54, 1.807) is 24.3 Å². The maximum atomic E-state index is 12.9. The van der Waals surface area contributed by atoms with E-state index in [4.69, 9.17) is 9.47 Å². The molecule has 0 radical (unpaired) electrons. The minimum atomic E-state index is -0.533. The number of hydrogen-bond donors (Lipinski definition) is 0. The van der Waals surface area contributed by atoms with Gasteiger partial charge in [0.25, 0.3) is 16.8 Å². The minimum Gasteiger partial charge on any atom is -0.493 e. The molecule has 0 aliphatic carbocycles. The number of nitro benzene ring substituents is 1. The van der Waals surface area contributed by atoms with Crippen LogP contribution in [0.15, 0.2) is 54.0 Å². The lowest BCUT2D eigenvalue weighted by atomic mass is 10.0. The molecule has 0 saturated carbocycles. The number of imide groups is 1. The average Bonchev–Trinajstić information content (AvgIpc) is 3.01. The Morgan fingerprint density at radius 2 is 1.90 bits per heavy atom. The Hall–Kier alpha value is -3.59. The van der Waals surface area contributed by atoms with Gasteiger partial charge >= 0.3 is 0 Å². The van der Waals surface area contributed by atoms with E-state index in [0.29, 0.717) is 23.5 Å². The molecule has 1 heterocycles. The molecule has 1 aliphatic rings. The van der Waals surface area contributed by atoms with Gasteiger partial charge in [-0.25, -0.2) is 0 Å². The second kappa shape index (κ2) is 9.48. The number of para-hydroxylation sites is 1. The molecule has 0 aromatic heterocycles. The van der Waals surface area contributed by atoms with Crippen LogP contribution in [0.1, 0.15) is 16.7 Å². The highest BCUT2D eigenvalue weighted by atomic mass is 32.2. The molecule has 0 atom stereocenters. The monoisotopic (exact) mass is 440 g/mol. The Morgan fingerprint density at radius 3 is 2.55 bits per heavy atom. The van der Waals surface area contributed by atoms with Crippen molar-refractivity contribution in [2.45, 2.75) is 13.0 Å². The average molecular weight is 440 g/mol. The van der Waals surface area contributed by atoms with Crippen LogP contribution in [-0.2, 0) is 17.8 Å². The quantitative estimate of drug-likeness (QED) is 0.256. The van der Waals surface area contributed by atoms with Gasteiger partial charge in [0, 0.05) is 17.2 Å². The number of carbonyl (C=O) groups is 2. The summed E-state index contributed by atoms with van der Waals surface area (Å²) >= 11 is 0.789. The SMILES string of the molecule is C=CCc1cc(/C=C2\SC(=O)N(Cc3ccccc3[N+](=O)[O-])C2=O)cc(OC)c1OC. The zero-order valence-corrected chi connectivity index (χ0v) is 17.8. The summed E-state index contributed by atoms with van der Waals surface area (Å²) in [7, 11) is 3.05. The molecular weight excluding hydrogens is 420 g/mol. The summed E-state index contributed by atoms with van der Waals surface area (Å²) in [5.41, 5.74) is 1.63. The molecule has 1 aliphatic heterocycles. The molecule has 9 heteroatoms. The van der Waals surface area contributed by atoms with Crippen LogP contribution in [0, 0.1) is 10.1 Å². The summed E-state index contributed by atoms with van der Waals surface area (Å²) in [6.45, 7) is 3.57. The van der Waals surface area contributed by atoms with E-state index in [-0.39, 0.29) is 22.7 Å². The smallest absolute Gasteiger partial charge is 0.293 e. The Kier molecular flexibility index (Phi) is 6.76.